The molecule has 1 heterocycles. The van der Waals surface area contributed by atoms with Gasteiger partial charge in [-0.05, 0) is 17.7 Å². The first kappa shape index (κ1) is 16.8. The Balaban J connectivity index is 0.000000222. The Morgan fingerprint density at radius 2 is 2.00 bits per heavy atom. The number of hydrogen-bond donors (Lipinski definition) is 5. The monoisotopic (exact) mass is 314 g/mol. The van der Waals surface area contributed by atoms with Crippen molar-refractivity contribution in [1.82, 2.24) is 4.98 Å². The number of nitrogens with zero attached hydrogens (tertiary/aromatic N) is 1. The molecule has 8 nitrogen and oxygen atoms in total. The lowest BCUT2D eigenvalue weighted by Gasteiger charge is -1.97. The van der Waals surface area contributed by atoms with E-state index in [0.29, 0.717) is 5.13 Å². The number of aliphatic hydroxyl groups is 2. The fourth-order valence-electron chi connectivity index (χ4n) is 1.34. The molecule has 2 rings (SSSR count). The van der Waals surface area contributed by atoms with Gasteiger partial charge < -0.3 is 26.2 Å². The van der Waals surface area contributed by atoms with E-state index in [2.05, 4.69) is 4.98 Å². The number of fused-ring (bicyclic) bond motifs is 1. The Morgan fingerprint density at radius 3 is 2.48 bits per heavy atom. The molecule has 1 atom stereocenters. The summed E-state index contributed by atoms with van der Waals surface area (Å²) in [5.74, 6) is -2.85. The van der Waals surface area contributed by atoms with E-state index in [0.717, 1.165) is 15.8 Å². The van der Waals surface area contributed by atoms with Crippen LogP contribution in [0.25, 0.3) is 10.2 Å². The molecule has 0 bridgehead atoms. The van der Waals surface area contributed by atoms with Gasteiger partial charge in [-0.2, -0.15) is 0 Å². The van der Waals surface area contributed by atoms with E-state index in [4.69, 9.17) is 26.2 Å². The van der Waals surface area contributed by atoms with Crippen LogP contribution in [-0.4, -0.2) is 43.5 Å². The molecular weight excluding hydrogens is 300 g/mol. The summed E-state index contributed by atoms with van der Waals surface area (Å²) in [4.78, 5) is 23.5. The molecule has 0 fully saturated rings. The summed E-state index contributed by atoms with van der Waals surface area (Å²) in [5, 5.41) is 33.6. The van der Waals surface area contributed by atoms with Crippen LogP contribution in [0.3, 0.4) is 0 Å². The number of hydrogen-bond acceptors (Lipinski definition) is 7. The number of rotatable bonds is 4. The van der Waals surface area contributed by atoms with Crippen LogP contribution in [0.4, 0.5) is 5.13 Å². The largest absolute Gasteiger partial charge is 0.481 e. The maximum Gasteiger partial charge on any atom is 0.333 e. The zero-order chi connectivity index (χ0) is 16.0. The van der Waals surface area contributed by atoms with E-state index in [1.54, 1.807) is 0 Å². The Labute approximate surface area is 123 Å². The number of benzene rings is 1. The predicted molar refractivity (Wildman–Crippen MR) is 75.9 cm³/mol. The van der Waals surface area contributed by atoms with E-state index in [9.17, 15) is 9.59 Å². The van der Waals surface area contributed by atoms with Gasteiger partial charge in [-0.1, -0.05) is 17.4 Å². The smallest absolute Gasteiger partial charge is 0.333 e. The van der Waals surface area contributed by atoms with Gasteiger partial charge in [0.1, 0.15) is 0 Å². The third-order valence-corrected chi connectivity index (χ3v) is 3.15. The lowest BCUT2D eigenvalue weighted by Crippen LogP contribution is -2.22. The fourth-order valence-corrected chi connectivity index (χ4v) is 2.14. The molecule has 114 valence electrons. The summed E-state index contributed by atoms with van der Waals surface area (Å²) >= 11 is 1.44. The molecule has 0 aliphatic heterocycles. The molecule has 0 radical (unpaired) electrons. The Morgan fingerprint density at radius 1 is 1.33 bits per heavy atom. The van der Waals surface area contributed by atoms with Crippen LogP contribution in [0.15, 0.2) is 18.2 Å². The molecule has 0 aliphatic carbocycles. The van der Waals surface area contributed by atoms with E-state index in [1.165, 1.54) is 11.3 Å². The Hall–Kier alpha value is -2.23. The van der Waals surface area contributed by atoms with Gasteiger partial charge in [-0.25, -0.2) is 9.78 Å². The third-order valence-electron chi connectivity index (χ3n) is 2.30. The molecular formula is C12H14N2O6S. The minimum absolute atomic E-state index is 0.0632. The number of thiazole rings is 1. The minimum atomic E-state index is -1.79. The van der Waals surface area contributed by atoms with Gasteiger partial charge in [0.25, 0.3) is 0 Å². The van der Waals surface area contributed by atoms with Crippen LogP contribution in [0.2, 0.25) is 0 Å². The summed E-state index contributed by atoms with van der Waals surface area (Å²) in [6.07, 6.45) is -2.54. The van der Waals surface area contributed by atoms with Crippen molar-refractivity contribution in [3.05, 3.63) is 23.8 Å². The van der Waals surface area contributed by atoms with Crippen molar-refractivity contribution in [2.75, 3.05) is 5.73 Å². The zero-order valence-corrected chi connectivity index (χ0v) is 11.6. The minimum Gasteiger partial charge on any atom is -0.481 e. The first-order valence-corrected chi connectivity index (χ1v) is 6.53. The van der Waals surface area contributed by atoms with Crippen molar-refractivity contribution in [1.29, 1.82) is 0 Å². The molecule has 1 aromatic carbocycles. The molecule has 6 N–H and O–H groups in total. The highest BCUT2D eigenvalue weighted by Crippen LogP contribution is 2.24. The molecule has 1 aromatic heterocycles. The summed E-state index contributed by atoms with van der Waals surface area (Å²) in [6.45, 7) is 0.0632. The molecule has 21 heavy (non-hydrogen) atoms. The Bertz CT molecular complexity index is 642. The summed E-state index contributed by atoms with van der Waals surface area (Å²) in [7, 11) is 0. The second kappa shape index (κ2) is 7.53. The average molecular weight is 314 g/mol. The van der Waals surface area contributed by atoms with E-state index in [-0.39, 0.29) is 6.61 Å². The van der Waals surface area contributed by atoms with Gasteiger partial charge in [0.15, 0.2) is 11.2 Å². The number of carboxylic acids is 2. The highest BCUT2D eigenvalue weighted by atomic mass is 32.1. The van der Waals surface area contributed by atoms with Gasteiger partial charge in [0, 0.05) is 0 Å². The highest BCUT2D eigenvalue weighted by Gasteiger charge is 2.16. The quantitative estimate of drug-likeness (QED) is 0.539. The molecule has 9 heteroatoms. The lowest BCUT2D eigenvalue weighted by molar-refractivity contribution is -0.152. The normalized spacial score (nSPS) is 11.5. The van der Waals surface area contributed by atoms with Gasteiger partial charge in [0.2, 0.25) is 0 Å². The molecule has 0 amide bonds. The van der Waals surface area contributed by atoms with Crippen molar-refractivity contribution in [3.8, 4) is 0 Å². The maximum absolute atomic E-state index is 9.72. The second-order valence-corrected chi connectivity index (χ2v) is 5.03. The zero-order valence-electron chi connectivity index (χ0n) is 10.8. The molecule has 0 saturated heterocycles. The van der Waals surface area contributed by atoms with Gasteiger partial charge in [-0.3, -0.25) is 4.79 Å². The summed E-state index contributed by atoms with van der Waals surface area (Å²) in [6, 6.07) is 5.62. The third kappa shape index (κ3) is 5.34. The highest BCUT2D eigenvalue weighted by molar-refractivity contribution is 7.22. The maximum atomic E-state index is 9.72. The topological polar surface area (TPSA) is 154 Å². The van der Waals surface area contributed by atoms with E-state index >= 15 is 0 Å². The number of aliphatic hydroxyl groups excluding tert-OH is 2. The number of aromatic nitrogens is 1. The van der Waals surface area contributed by atoms with Crippen molar-refractivity contribution in [2.45, 2.75) is 19.1 Å². The molecule has 0 spiro atoms. The number of aliphatic carboxylic acids is 2. The van der Waals surface area contributed by atoms with E-state index in [1.807, 2.05) is 18.2 Å². The molecule has 0 aliphatic rings. The van der Waals surface area contributed by atoms with Crippen molar-refractivity contribution in [2.24, 2.45) is 0 Å². The first-order chi connectivity index (χ1) is 9.83. The van der Waals surface area contributed by atoms with Crippen LogP contribution in [0.1, 0.15) is 12.0 Å². The van der Waals surface area contributed by atoms with Crippen LogP contribution in [-0.2, 0) is 16.2 Å². The lowest BCUT2D eigenvalue weighted by atomic mass is 10.2. The predicted octanol–water partition coefficient (Wildman–Crippen LogP) is 0.277. The second-order valence-electron chi connectivity index (χ2n) is 3.96. The van der Waals surface area contributed by atoms with Crippen molar-refractivity contribution >= 4 is 38.6 Å². The number of nitrogens with two attached hydrogens (primary N) is 1. The standard InChI is InChI=1S/C8H8N2OS.C4H6O5/c9-8-10-6-2-1-5(4-11)3-7(6)12-8;5-2(4(8)9)1-3(6)7/h1-3,11H,4H2,(H2,9,10);2,5H,1H2,(H,6,7)(H,8,9). The Kier molecular flexibility index (Phi) is 6.03. The fraction of sp³-hybridized carbons (Fsp3) is 0.250. The number of anilines is 1. The number of carboxylic acid groups (broad SMARTS) is 2. The average Bonchev–Trinajstić information content (AvgIpc) is 2.77. The van der Waals surface area contributed by atoms with Gasteiger partial charge >= 0.3 is 11.9 Å². The summed E-state index contributed by atoms with van der Waals surface area (Å²) in [5.41, 5.74) is 7.32. The molecule has 2 aromatic rings. The van der Waals surface area contributed by atoms with Crippen LogP contribution in [0.5, 0.6) is 0 Å². The number of nitrogen functional groups attached to an aromatic ring is 1. The van der Waals surface area contributed by atoms with Gasteiger partial charge in [0.05, 0.1) is 23.2 Å². The summed E-state index contributed by atoms with van der Waals surface area (Å²) < 4.78 is 1.03. The van der Waals surface area contributed by atoms with Crippen molar-refractivity contribution in [3.63, 3.8) is 0 Å². The SMILES string of the molecule is Nc1nc2ccc(CO)cc2s1.O=C(O)CC(O)C(=O)O. The van der Waals surface area contributed by atoms with Crippen LogP contribution in [0, 0.1) is 0 Å². The van der Waals surface area contributed by atoms with Gasteiger partial charge in [-0.15, -0.1) is 0 Å². The van der Waals surface area contributed by atoms with Crippen LogP contribution < -0.4 is 5.73 Å². The van der Waals surface area contributed by atoms with Crippen LogP contribution >= 0.6 is 11.3 Å². The first-order valence-electron chi connectivity index (χ1n) is 5.72. The molecule has 0 saturated carbocycles. The number of carbonyl (C=O) groups is 2. The molecule has 1 unspecified atom stereocenters. The van der Waals surface area contributed by atoms with E-state index < -0.39 is 24.5 Å². The van der Waals surface area contributed by atoms with Crippen molar-refractivity contribution < 1.29 is 30.0 Å².